The molecule has 2 aromatic rings. The van der Waals surface area contributed by atoms with Gasteiger partial charge in [-0.3, -0.25) is 4.79 Å². The molecule has 1 aromatic heterocycles. The number of nitrogens with one attached hydrogen (secondary N) is 1. The van der Waals surface area contributed by atoms with Crippen LogP contribution in [0.25, 0.3) is 0 Å². The van der Waals surface area contributed by atoms with E-state index in [9.17, 15) is 14.7 Å². The van der Waals surface area contributed by atoms with Crippen LogP contribution in [0.15, 0.2) is 23.6 Å². The van der Waals surface area contributed by atoms with Gasteiger partial charge in [-0.05, 0) is 23.8 Å². The summed E-state index contributed by atoms with van der Waals surface area (Å²) in [6.45, 7) is 6.49. The van der Waals surface area contributed by atoms with Crippen molar-refractivity contribution in [3.8, 4) is 0 Å². The molecule has 0 fully saturated rings. The molecule has 0 spiro atoms. The number of aromatic nitrogens is 1. The van der Waals surface area contributed by atoms with E-state index >= 15 is 0 Å². The van der Waals surface area contributed by atoms with Crippen LogP contribution in [0, 0.1) is 0 Å². The number of carboxylic acid groups (broad SMARTS) is 1. The molecule has 134 valence electrons. The van der Waals surface area contributed by atoms with Crippen molar-refractivity contribution in [2.75, 3.05) is 12.4 Å². The molecule has 0 aliphatic heterocycles. The van der Waals surface area contributed by atoms with Crippen LogP contribution in [0.3, 0.4) is 0 Å². The zero-order chi connectivity index (χ0) is 18.6. The maximum atomic E-state index is 12.3. The van der Waals surface area contributed by atoms with Gasteiger partial charge in [0.05, 0.1) is 29.3 Å². The number of aromatic carboxylic acids is 1. The maximum Gasteiger partial charge on any atom is 0.335 e. The highest BCUT2D eigenvalue weighted by molar-refractivity contribution is 7.09. The Morgan fingerprint density at radius 2 is 2.00 bits per heavy atom. The lowest BCUT2D eigenvalue weighted by Crippen LogP contribution is -2.16. The van der Waals surface area contributed by atoms with E-state index in [0.717, 1.165) is 5.01 Å². The minimum absolute atomic E-state index is 0.0513. The van der Waals surface area contributed by atoms with Crippen molar-refractivity contribution in [3.63, 3.8) is 0 Å². The van der Waals surface area contributed by atoms with Crippen LogP contribution in [0.4, 0.5) is 5.69 Å². The fourth-order valence-electron chi connectivity index (χ4n) is 2.24. The topological polar surface area (TPSA) is 88.5 Å². The van der Waals surface area contributed by atoms with Gasteiger partial charge in [-0.25, -0.2) is 9.78 Å². The number of hydrogen-bond acceptors (Lipinski definition) is 5. The van der Waals surface area contributed by atoms with E-state index in [-0.39, 0.29) is 29.9 Å². The van der Waals surface area contributed by atoms with Gasteiger partial charge in [-0.2, -0.15) is 0 Å². The molecule has 0 atom stereocenters. The molecule has 1 amide bonds. The van der Waals surface area contributed by atoms with E-state index in [4.69, 9.17) is 4.74 Å². The van der Waals surface area contributed by atoms with E-state index in [1.807, 2.05) is 5.38 Å². The smallest absolute Gasteiger partial charge is 0.335 e. The number of carbonyl (C=O) groups excluding carboxylic acids is 1. The molecule has 0 radical (unpaired) electrons. The summed E-state index contributed by atoms with van der Waals surface area (Å²) in [5.41, 5.74) is 1.88. The summed E-state index contributed by atoms with van der Waals surface area (Å²) in [4.78, 5) is 28.0. The Balaban J connectivity index is 2.11. The van der Waals surface area contributed by atoms with E-state index in [0.29, 0.717) is 16.9 Å². The Morgan fingerprint density at radius 1 is 1.28 bits per heavy atom. The van der Waals surface area contributed by atoms with Gasteiger partial charge in [0.2, 0.25) is 5.91 Å². The lowest BCUT2D eigenvalue weighted by Gasteiger charge is -2.13. The fourth-order valence-corrected chi connectivity index (χ4v) is 3.15. The normalized spacial score (nSPS) is 11.4. The number of carbonyl (C=O) groups is 2. The van der Waals surface area contributed by atoms with E-state index < -0.39 is 5.97 Å². The van der Waals surface area contributed by atoms with Crippen LogP contribution in [-0.4, -0.2) is 29.1 Å². The Kier molecular flexibility index (Phi) is 5.92. The van der Waals surface area contributed by atoms with Crippen LogP contribution in [-0.2, 0) is 28.0 Å². The molecule has 7 heteroatoms. The summed E-state index contributed by atoms with van der Waals surface area (Å²) < 4.78 is 5.04. The van der Waals surface area contributed by atoms with Crippen LogP contribution in [0.1, 0.15) is 47.4 Å². The predicted molar refractivity (Wildman–Crippen MR) is 97.3 cm³/mol. The number of hydrogen-bond donors (Lipinski definition) is 2. The lowest BCUT2D eigenvalue weighted by atomic mass is 9.98. The van der Waals surface area contributed by atoms with Gasteiger partial charge in [0, 0.05) is 23.6 Å². The van der Waals surface area contributed by atoms with Crippen LogP contribution in [0.2, 0.25) is 0 Å². The average Bonchev–Trinajstić information content (AvgIpc) is 2.95. The second-order valence-electron chi connectivity index (χ2n) is 6.78. The number of methoxy groups -OCH3 is 1. The first-order chi connectivity index (χ1) is 11.7. The Hall–Kier alpha value is -2.25. The molecule has 0 unspecified atom stereocenters. The quantitative estimate of drug-likeness (QED) is 0.821. The molecule has 1 aromatic carbocycles. The number of benzene rings is 1. The number of amides is 1. The SMILES string of the molecule is COCc1cc(NC(=O)Cc2csc(C(C)(C)C)n2)cc(C(=O)O)c1. The van der Waals surface area contributed by atoms with E-state index in [1.54, 1.807) is 6.07 Å². The molecular weight excluding hydrogens is 340 g/mol. The van der Waals surface area contributed by atoms with Gasteiger partial charge in [0.15, 0.2) is 0 Å². The van der Waals surface area contributed by atoms with Gasteiger partial charge in [0.1, 0.15) is 0 Å². The summed E-state index contributed by atoms with van der Waals surface area (Å²) in [7, 11) is 1.53. The largest absolute Gasteiger partial charge is 0.478 e. The highest BCUT2D eigenvalue weighted by Gasteiger charge is 2.19. The Morgan fingerprint density at radius 3 is 2.56 bits per heavy atom. The molecule has 0 saturated heterocycles. The number of carboxylic acids is 1. The first-order valence-corrected chi connectivity index (χ1v) is 8.68. The van der Waals surface area contributed by atoms with Crippen molar-refractivity contribution in [1.29, 1.82) is 0 Å². The fraction of sp³-hybridized carbons (Fsp3) is 0.389. The van der Waals surface area contributed by atoms with E-state index in [2.05, 4.69) is 31.1 Å². The van der Waals surface area contributed by atoms with Crippen molar-refractivity contribution >= 4 is 28.9 Å². The minimum atomic E-state index is -1.05. The molecule has 25 heavy (non-hydrogen) atoms. The van der Waals surface area contributed by atoms with Crippen LogP contribution < -0.4 is 5.32 Å². The maximum absolute atomic E-state index is 12.3. The summed E-state index contributed by atoms with van der Waals surface area (Å²) in [5.74, 6) is -1.29. The van der Waals surface area contributed by atoms with Gasteiger partial charge in [-0.15, -0.1) is 11.3 Å². The highest BCUT2D eigenvalue weighted by atomic mass is 32.1. The Bertz CT molecular complexity index is 778. The third-order valence-corrected chi connectivity index (χ3v) is 4.69. The molecule has 0 aliphatic rings. The molecular formula is C18H22N2O4S. The van der Waals surface area contributed by atoms with Crippen molar-refractivity contribution in [1.82, 2.24) is 4.98 Å². The standard InChI is InChI=1S/C18H22N2O4S/c1-18(2,3)17-20-14(10-25-17)8-15(21)19-13-6-11(9-24-4)5-12(7-13)16(22)23/h5-7,10H,8-9H2,1-4H3,(H,19,21)(H,22,23). The van der Waals surface area contributed by atoms with Gasteiger partial charge >= 0.3 is 5.97 Å². The summed E-state index contributed by atoms with van der Waals surface area (Å²) in [5, 5.41) is 14.8. The zero-order valence-corrected chi connectivity index (χ0v) is 15.6. The van der Waals surface area contributed by atoms with Gasteiger partial charge in [0.25, 0.3) is 0 Å². The number of thiazole rings is 1. The second kappa shape index (κ2) is 7.76. The van der Waals surface area contributed by atoms with Crippen molar-refractivity contribution in [2.24, 2.45) is 0 Å². The molecule has 0 bridgehead atoms. The zero-order valence-electron chi connectivity index (χ0n) is 14.8. The summed E-state index contributed by atoms with van der Waals surface area (Å²) in [6.07, 6.45) is 0.142. The molecule has 6 nitrogen and oxygen atoms in total. The summed E-state index contributed by atoms with van der Waals surface area (Å²) in [6, 6.07) is 4.66. The van der Waals surface area contributed by atoms with Crippen molar-refractivity contribution in [2.45, 2.75) is 39.2 Å². The van der Waals surface area contributed by atoms with Crippen LogP contribution >= 0.6 is 11.3 Å². The van der Waals surface area contributed by atoms with Crippen LogP contribution in [0.5, 0.6) is 0 Å². The second-order valence-corrected chi connectivity index (χ2v) is 7.63. The van der Waals surface area contributed by atoms with Gasteiger partial charge < -0.3 is 15.2 Å². The first-order valence-electron chi connectivity index (χ1n) is 7.80. The third-order valence-electron chi connectivity index (χ3n) is 3.37. The minimum Gasteiger partial charge on any atom is -0.478 e. The number of ether oxygens (including phenoxy) is 1. The van der Waals surface area contributed by atoms with Crippen molar-refractivity contribution < 1.29 is 19.4 Å². The lowest BCUT2D eigenvalue weighted by molar-refractivity contribution is -0.115. The predicted octanol–water partition coefficient (Wildman–Crippen LogP) is 3.47. The Labute approximate surface area is 150 Å². The molecule has 0 saturated carbocycles. The number of rotatable bonds is 6. The number of anilines is 1. The monoisotopic (exact) mass is 362 g/mol. The summed E-state index contributed by atoms with van der Waals surface area (Å²) >= 11 is 1.53. The molecule has 2 N–H and O–H groups in total. The van der Waals surface area contributed by atoms with Gasteiger partial charge in [-0.1, -0.05) is 20.8 Å². The third kappa shape index (κ3) is 5.37. The number of nitrogens with zero attached hydrogens (tertiary/aromatic N) is 1. The molecule has 0 aliphatic carbocycles. The molecule has 1 heterocycles. The molecule has 2 rings (SSSR count). The average molecular weight is 362 g/mol. The highest BCUT2D eigenvalue weighted by Crippen LogP contribution is 2.26. The first kappa shape index (κ1) is 19.1. The van der Waals surface area contributed by atoms with E-state index in [1.165, 1.54) is 30.6 Å². The van der Waals surface area contributed by atoms with Crippen molar-refractivity contribution in [3.05, 3.63) is 45.4 Å².